The van der Waals surface area contributed by atoms with Crippen LogP contribution in [0, 0.1) is 5.92 Å². The third kappa shape index (κ3) is 3.57. The van der Waals surface area contributed by atoms with Crippen molar-refractivity contribution in [1.29, 1.82) is 0 Å². The highest BCUT2D eigenvalue weighted by molar-refractivity contribution is 5.74. The van der Waals surface area contributed by atoms with E-state index in [1.165, 1.54) is 12.8 Å². The van der Waals surface area contributed by atoms with Gasteiger partial charge in [-0.25, -0.2) is 4.79 Å². The van der Waals surface area contributed by atoms with Crippen LogP contribution in [0.2, 0.25) is 0 Å². The zero-order chi connectivity index (χ0) is 15.6. The van der Waals surface area contributed by atoms with Gasteiger partial charge in [-0.1, -0.05) is 12.8 Å². The zero-order valence-corrected chi connectivity index (χ0v) is 13.7. The molecule has 3 unspecified atom stereocenters. The molecular weight excluding hydrogens is 280 g/mol. The van der Waals surface area contributed by atoms with Crippen LogP contribution in [0.25, 0.3) is 0 Å². The molecule has 126 valence electrons. The number of nitrogens with zero attached hydrogens (tertiary/aromatic N) is 1. The van der Waals surface area contributed by atoms with Crippen molar-refractivity contribution in [1.82, 2.24) is 10.2 Å². The molecule has 1 spiro atoms. The summed E-state index contributed by atoms with van der Waals surface area (Å²) in [5, 5.41) is 13.0. The summed E-state index contributed by atoms with van der Waals surface area (Å²) in [7, 11) is 0. The van der Waals surface area contributed by atoms with Gasteiger partial charge >= 0.3 is 6.03 Å². The molecule has 22 heavy (non-hydrogen) atoms. The fourth-order valence-corrected chi connectivity index (χ4v) is 4.37. The quantitative estimate of drug-likeness (QED) is 0.822. The predicted molar refractivity (Wildman–Crippen MR) is 84.7 cm³/mol. The molecule has 3 rings (SSSR count). The maximum Gasteiger partial charge on any atom is 0.317 e. The van der Waals surface area contributed by atoms with E-state index in [4.69, 9.17) is 4.74 Å². The Balaban J connectivity index is 1.52. The zero-order valence-electron chi connectivity index (χ0n) is 13.7. The fraction of sp³-hybridized carbons (Fsp3) is 0.941. The van der Waals surface area contributed by atoms with Crippen molar-refractivity contribution in [3.05, 3.63) is 0 Å². The van der Waals surface area contributed by atoms with E-state index in [1.54, 1.807) is 0 Å². The number of ether oxygens (including phenoxy) is 1. The normalized spacial score (nSPS) is 32.9. The SMILES string of the molecule is CC(O)C1CCCN(C(=O)NC2CCOC3(CCCC3)C2)C1. The molecule has 1 saturated carbocycles. The second-order valence-corrected chi connectivity index (χ2v) is 7.47. The molecule has 2 aliphatic heterocycles. The molecule has 5 heteroatoms. The summed E-state index contributed by atoms with van der Waals surface area (Å²) >= 11 is 0. The van der Waals surface area contributed by atoms with Gasteiger partial charge in [-0.3, -0.25) is 0 Å². The largest absolute Gasteiger partial charge is 0.393 e. The number of rotatable bonds is 2. The van der Waals surface area contributed by atoms with Crippen molar-refractivity contribution >= 4 is 6.03 Å². The number of amides is 2. The Hall–Kier alpha value is -0.810. The van der Waals surface area contributed by atoms with Gasteiger partial charge in [-0.2, -0.15) is 0 Å². The maximum absolute atomic E-state index is 12.5. The molecule has 0 bridgehead atoms. The molecule has 3 aliphatic rings. The van der Waals surface area contributed by atoms with E-state index in [0.717, 1.165) is 51.7 Å². The van der Waals surface area contributed by atoms with Crippen molar-refractivity contribution in [3.8, 4) is 0 Å². The smallest absolute Gasteiger partial charge is 0.317 e. The summed E-state index contributed by atoms with van der Waals surface area (Å²) in [6.45, 7) is 4.08. The van der Waals surface area contributed by atoms with Gasteiger partial charge in [0, 0.05) is 31.7 Å². The summed E-state index contributed by atoms with van der Waals surface area (Å²) < 4.78 is 6.03. The molecule has 0 radical (unpaired) electrons. The Kier molecular flexibility index (Phi) is 4.93. The first-order chi connectivity index (χ1) is 10.6. The minimum Gasteiger partial charge on any atom is -0.393 e. The van der Waals surface area contributed by atoms with E-state index in [-0.39, 0.29) is 29.7 Å². The van der Waals surface area contributed by atoms with Crippen molar-refractivity contribution in [2.24, 2.45) is 5.92 Å². The van der Waals surface area contributed by atoms with Crippen LogP contribution in [-0.4, -0.2) is 53.5 Å². The second-order valence-electron chi connectivity index (χ2n) is 7.47. The standard InChI is InChI=1S/C17H30N2O3/c1-13(20)14-5-4-9-19(12-14)16(21)18-15-6-10-22-17(11-15)7-2-3-8-17/h13-15,20H,2-12H2,1H3,(H,18,21). The van der Waals surface area contributed by atoms with Crippen molar-refractivity contribution < 1.29 is 14.6 Å². The van der Waals surface area contributed by atoms with Crippen LogP contribution >= 0.6 is 0 Å². The lowest BCUT2D eigenvalue weighted by atomic mass is 9.89. The number of nitrogens with one attached hydrogen (secondary N) is 1. The first-order valence-corrected chi connectivity index (χ1v) is 8.95. The van der Waals surface area contributed by atoms with Gasteiger partial charge in [-0.05, 0) is 45.4 Å². The van der Waals surface area contributed by atoms with Crippen LogP contribution < -0.4 is 5.32 Å². The summed E-state index contributed by atoms with van der Waals surface area (Å²) in [6, 6.07) is 0.289. The van der Waals surface area contributed by atoms with E-state index in [1.807, 2.05) is 11.8 Å². The molecule has 2 saturated heterocycles. The number of piperidine rings is 1. The number of likely N-dealkylation sites (tertiary alicyclic amines) is 1. The van der Waals surface area contributed by atoms with Gasteiger partial charge in [0.15, 0.2) is 0 Å². The van der Waals surface area contributed by atoms with Gasteiger partial charge in [-0.15, -0.1) is 0 Å². The van der Waals surface area contributed by atoms with Gasteiger partial charge in [0.05, 0.1) is 11.7 Å². The number of urea groups is 1. The average Bonchev–Trinajstić information content (AvgIpc) is 2.95. The van der Waals surface area contributed by atoms with Crippen LogP contribution in [0.15, 0.2) is 0 Å². The highest BCUT2D eigenvalue weighted by Crippen LogP contribution is 2.40. The second kappa shape index (κ2) is 6.75. The molecule has 0 aromatic rings. The topological polar surface area (TPSA) is 61.8 Å². The number of carbonyl (C=O) groups is 1. The number of carbonyl (C=O) groups excluding carboxylic acids is 1. The molecule has 2 heterocycles. The molecule has 3 atom stereocenters. The van der Waals surface area contributed by atoms with Crippen LogP contribution in [0.3, 0.4) is 0 Å². The molecular formula is C17H30N2O3. The fourth-order valence-electron chi connectivity index (χ4n) is 4.37. The first kappa shape index (κ1) is 16.1. The van der Waals surface area contributed by atoms with Crippen LogP contribution in [-0.2, 0) is 4.74 Å². The van der Waals surface area contributed by atoms with Gasteiger partial charge in [0.1, 0.15) is 0 Å². The van der Waals surface area contributed by atoms with Crippen LogP contribution in [0.4, 0.5) is 4.79 Å². The molecule has 1 aliphatic carbocycles. The van der Waals surface area contributed by atoms with Crippen molar-refractivity contribution in [2.75, 3.05) is 19.7 Å². The lowest BCUT2D eigenvalue weighted by Crippen LogP contribution is -2.53. The third-order valence-corrected chi connectivity index (χ3v) is 5.76. The van der Waals surface area contributed by atoms with Gasteiger partial charge in [0.2, 0.25) is 0 Å². The van der Waals surface area contributed by atoms with E-state index in [2.05, 4.69) is 5.32 Å². The van der Waals surface area contributed by atoms with Crippen molar-refractivity contribution in [2.45, 2.75) is 76.0 Å². The minimum absolute atomic E-state index is 0.0419. The maximum atomic E-state index is 12.5. The highest BCUT2D eigenvalue weighted by atomic mass is 16.5. The number of aliphatic hydroxyl groups excluding tert-OH is 1. The highest BCUT2D eigenvalue weighted by Gasteiger charge is 2.40. The summed E-state index contributed by atoms with van der Waals surface area (Å²) in [4.78, 5) is 14.4. The Labute approximate surface area is 133 Å². The van der Waals surface area contributed by atoms with E-state index < -0.39 is 0 Å². The Bertz CT molecular complexity index is 393. The summed E-state index contributed by atoms with van der Waals surface area (Å²) in [5.74, 6) is 0.218. The molecule has 2 N–H and O–H groups in total. The lowest BCUT2D eigenvalue weighted by molar-refractivity contribution is -0.0824. The van der Waals surface area contributed by atoms with Crippen LogP contribution in [0.1, 0.15) is 58.3 Å². The molecule has 3 fully saturated rings. The van der Waals surface area contributed by atoms with Crippen LogP contribution in [0.5, 0.6) is 0 Å². The van der Waals surface area contributed by atoms with Crippen molar-refractivity contribution in [3.63, 3.8) is 0 Å². The first-order valence-electron chi connectivity index (χ1n) is 8.95. The van der Waals surface area contributed by atoms with Gasteiger partial charge < -0.3 is 20.1 Å². The number of hydrogen-bond acceptors (Lipinski definition) is 3. The molecule has 2 amide bonds. The molecule has 5 nitrogen and oxygen atoms in total. The van der Waals surface area contributed by atoms with E-state index >= 15 is 0 Å². The van der Waals surface area contributed by atoms with E-state index in [9.17, 15) is 9.90 Å². The Morgan fingerprint density at radius 3 is 2.82 bits per heavy atom. The third-order valence-electron chi connectivity index (χ3n) is 5.76. The Morgan fingerprint density at radius 1 is 1.32 bits per heavy atom. The van der Waals surface area contributed by atoms with E-state index in [0.29, 0.717) is 6.54 Å². The van der Waals surface area contributed by atoms with Gasteiger partial charge in [0.25, 0.3) is 0 Å². The lowest BCUT2D eigenvalue weighted by Gasteiger charge is -2.40. The molecule has 0 aromatic heterocycles. The average molecular weight is 310 g/mol. The molecule has 0 aromatic carbocycles. The number of hydrogen-bond donors (Lipinski definition) is 2. The minimum atomic E-state index is -0.333. The number of aliphatic hydroxyl groups is 1. The summed E-state index contributed by atoms with van der Waals surface area (Å²) in [5.41, 5.74) is 0.0419. The Morgan fingerprint density at radius 2 is 2.09 bits per heavy atom. The summed E-state index contributed by atoms with van der Waals surface area (Å²) in [6.07, 6.45) is 8.35. The predicted octanol–water partition coefficient (Wildman–Crippen LogP) is 2.28. The monoisotopic (exact) mass is 310 g/mol.